The summed E-state index contributed by atoms with van der Waals surface area (Å²) in [6.07, 6.45) is 4.02. The number of hydrogen-bond acceptors (Lipinski definition) is 3. The maximum atomic E-state index is 12.5. The number of urea groups is 1. The summed E-state index contributed by atoms with van der Waals surface area (Å²) >= 11 is 0. The highest BCUT2D eigenvalue weighted by Crippen LogP contribution is 2.28. The Morgan fingerprint density at radius 2 is 1.76 bits per heavy atom. The van der Waals surface area contributed by atoms with Crippen LogP contribution < -0.4 is 16.0 Å². The third-order valence-electron chi connectivity index (χ3n) is 4.42. The van der Waals surface area contributed by atoms with Crippen LogP contribution in [0.2, 0.25) is 0 Å². The molecule has 7 heteroatoms. The summed E-state index contributed by atoms with van der Waals surface area (Å²) in [5.74, 6) is -0.212. The Labute approximate surface area is 147 Å². The van der Waals surface area contributed by atoms with Gasteiger partial charge >= 0.3 is 6.03 Å². The second-order valence-corrected chi connectivity index (χ2v) is 6.63. The van der Waals surface area contributed by atoms with Gasteiger partial charge < -0.3 is 20.9 Å². The number of nitrogens with one attached hydrogen (secondary N) is 3. The van der Waals surface area contributed by atoms with Crippen LogP contribution >= 0.6 is 0 Å². The van der Waals surface area contributed by atoms with Crippen LogP contribution in [0.4, 0.5) is 4.79 Å². The average molecular weight is 344 g/mol. The summed E-state index contributed by atoms with van der Waals surface area (Å²) in [6.45, 7) is 0.495. The lowest BCUT2D eigenvalue weighted by molar-refractivity contribution is -0.131. The molecule has 2 aliphatic carbocycles. The fourth-order valence-electron chi connectivity index (χ4n) is 2.63. The van der Waals surface area contributed by atoms with Crippen LogP contribution in [-0.2, 0) is 11.3 Å². The number of hydrogen-bond donors (Lipinski definition) is 3. The predicted octanol–water partition coefficient (Wildman–Crippen LogP) is 0.999. The lowest BCUT2D eigenvalue weighted by Gasteiger charge is -2.23. The van der Waals surface area contributed by atoms with Crippen LogP contribution in [0.3, 0.4) is 0 Å². The van der Waals surface area contributed by atoms with Crippen molar-refractivity contribution < 1.29 is 14.4 Å². The first-order valence-corrected chi connectivity index (χ1v) is 8.71. The van der Waals surface area contributed by atoms with Gasteiger partial charge in [0.25, 0.3) is 5.91 Å². The van der Waals surface area contributed by atoms with E-state index in [-0.39, 0.29) is 36.5 Å². The van der Waals surface area contributed by atoms with Crippen molar-refractivity contribution in [3.8, 4) is 0 Å². The van der Waals surface area contributed by atoms with Gasteiger partial charge in [0, 0.05) is 31.2 Å². The molecule has 4 amide bonds. The van der Waals surface area contributed by atoms with Gasteiger partial charge in [-0.15, -0.1) is 0 Å². The zero-order chi connectivity index (χ0) is 17.8. The summed E-state index contributed by atoms with van der Waals surface area (Å²) in [5.41, 5.74) is 1.56. The number of benzene rings is 1. The monoisotopic (exact) mass is 344 g/mol. The van der Waals surface area contributed by atoms with Gasteiger partial charge in [0.1, 0.15) is 0 Å². The van der Waals surface area contributed by atoms with Gasteiger partial charge in [-0.25, -0.2) is 4.79 Å². The van der Waals surface area contributed by atoms with E-state index in [1.54, 1.807) is 19.2 Å². The highest BCUT2D eigenvalue weighted by molar-refractivity contribution is 5.94. The Balaban J connectivity index is 1.54. The highest BCUT2D eigenvalue weighted by Gasteiger charge is 2.32. The molecule has 0 unspecified atom stereocenters. The molecule has 0 saturated heterocycles. The van der Waals surface area contributed by atoms with E-state index in [0.29, 0.717) is 12.1 Å². The molecule has 3 N–H and O–H groups in total. The summed E-state index contributed by atoms with van der Waals surface area (Å²) < 4.78 is 0. The number of rotatable bonds is 7. The van der Waals surface area contributed by atoms with Crippen LogP contribution in [-0.4, -0.2) is 48.4 Å². The molecule has 3 rings (SSSR count). The molecular formula is C18H24N4O3. The third-order valence-corrected chi connectivity index (χ3v) is 4.42. The molecule has 0 aromatic heterocycles. The Hall–Kier alpha value is -2.57. The van der Waals surface area contributed by atoms with E-state index >= 15 is 0 Å². The second kappa shape index (κ2) is 7.55. The summed E-state index contributed by atoms with van der Waals surface area (Å²) in [5, 5.41) is 8.03. The average Bonchev–Trinajstić information content (AvgIpc) is 3.52. The van der Waals surface area contributed by atoms with Gasteiger partial charge in [0.2, 0.25) is 5.91 Å². The van der Waals surface area contributed by atoms with Gasteiger partial charge in [0.15, 0.2) is 0 Å². The molecule has 25 heavy (non-hydrogen) atoms. The molecule has 2 fully saturated rings. The first kappa shape index (κ1) is 17.3. The number of amides is 4. The van der Waals surface area contributed by atoms with E-state index in [2.05, 4.69) is 16.0 Å². The Morgan fingerprint density at radius 3 is 2.32 bits per heavy atom. The molecule has 0 heterocycles. The quantitative estimate of drug-likeness (QED) is 0.689. The van der Waals surface area contributed by atoms with E-state index in [0.717, 1.165) is 31.2 Å². The molecule has 1 aromatic carbocycles. The van der Waals surface area contributed by atoms with E-state index in [9.17, 15) is 14.4 Å². The minimum atomic E-state index is -0.276. The zero-order valence-corrected chi connectivity index (χ0v) is 14.4. The normalized spacial score (nSPS) is 16.0. The molecule has 0 bridgehead atoms. The van der Waals surface area contributed by atoms with Crippen molar-refractivity contribution >= 4 is 17.8 Å². The van der Waals surface area contributed by atoms with E-state index in [4.69, 9.17) is 0 Å². The van der Waals surface area contributed by atoms with Gasteiger partial charge in [-0.3, -0.25) is 9.59 Å². The first-order valence-electron chi connectivity index (χ1n) is 8.71. The maximum Gasteiger partial charge on any atom is 0.315 e. The van der Waals surface area contributed by atoms with Crippen LogP contribution in [0.15, 0.2) is 24.3 Å². The van der Waals surface area contributed by atoms with Crippen molar-refractivity contribution in [1.82, 2.24) is 20.9 Å². The molecule has 134 valence electrons. The molecule has 1 aromatic rings. The molecule has 0 spiro atoms. The highest BCUT2D eigenvalue weighted by atomic mass is 16.2. The van der Waals surface area contributed by atoms with Crippen molar-refractivity contribution in [2.24, 2.45) is 0 Å². The third kappa shape index (κ3) is 4.95. The first-order chi connectivity index (χ1) is 12.1. The topological polar surface area (TPSA) is 90.5 Å². The molecule has 0 atom stereocenters. The van der Waals surface area contributed by atoms with Crippen molar-refractivity contribution in [3.63, 3.8) is 0 Å². The van der Waals surface area contributed by atoms with Gasteiger partial charge in [0.05, 0.1) is 6.54 Å². The Kier molecular flexibility index (Phi) is 5.21. The molecule has 2 aliphatic rings. The van der Waals surface area contributed by atoms with Crippen molar-refractivity contribution in [3.05, 3.63) is 35.4 Å². The van der Waals surface area contributed by atoms with Crippen molar-refractivity contribution in [1.29, 1.82) is 0 Å². The van der Waals surface area contributed by atoms with E-state index < -0.39 is 0 Å². The second-order valence-electron chi connectivity index (χ2n) is 6.63. The molecule has 7 nitrogen and oxygen atoms in total. The fourth-order valence-corrected chi connectivity index (χ4v) is 2.63. The van der Waals surface area contributed by atoms with Gasteiger partial charge in [-0.1, -0.05) is 12.1 Å². The lowest BCUT2D eigenvalue weighted by atomic mass is 10.1. The minimum Gasteiger partial charge on any atom is -0.355 e. The molecular weight excluding hydrogens is 320 g/mol. The van der Waals surface area contributed by atoms with Gasteiger partial charge in [-0.05, 0) is 43.4 Å². The Morgan fingerprint density at radius 1 is 1.08 bits per heavy atom. The maximum absolute atomic E-state index is 12.5. The summed E-state index contributed by atoms with van der Waals surface area (Å²) in [4.78, 5) is 37.5. The molecule has 0 aliphatic heterocycles. The predicted molar refractivity (Wildman–Crippen MR) is 93.0 cm³/mol. The van der Waals surface area contributed by atoms with Crippen LogP contribution in [0.5, 0.6) is 0 Å². The molecule has 2 saturated carbocycles. The molecule has 0 radical (unpaired) electrons. The van der Waals surface area contributed by atoms with Crippen molar-refractivity contribution in [2.45, 2.75) is 44.3 Å². The lowest BCUT2D eigenvalue weighted by Crippen LogP contribution is -2.44. The van der Waals surface area contributed by atoms with Crippen molar-refractivity contribution in [2.75, 3.05) is 13.6 Å². The SMILES string of the molecule is CNC(=O)c1ccc(CN(C(=O)CNC(=O)NC2CC2)C2CC2)cc1. The van der Waals surface area contributed by atoms with Crippen LogP contribution in [0.25, 0.3) is 0 Å². The number of carbonyl (C=O) groups excluding carboxylic acids is 3. The Bertz CT molecular complexity index is 651. The van der Waals surface area contributed by atoms with Gasteiger partial charge in [-0.2, -0.15) is 0 Å². The summed E-state index contributed by atoms with van der Waals surface area (Å²) in [6, 6.07) is 7.48. The largest absolute Gasteiger partial charge is 0.355 e. The van der Waals surface area contributed by atoms with Crippen LogP contribution in [0.1, 0.15) is 41.6 Å². The fraction of sp³-hybridized carbons (Fsp3) is 0.500. The zero-order valence-electron chi connectivity index (χ0n) is 14.4. The summed E-state index contributed by atoms with van der Waals surface area (Å²) in [7, 11) is 1.59. The standard InChI is InChI=1S/C18H24N4O3/c1-19-17(24)13-4-2-12(3-5-13)11-22(15-8-9-15)16(23)10-20-18(25)21-14-6-7-14/h2-5,14-15H,6-11H2,1H3,(H,19,24)(H2,20,21,25). The van der Waals surface area contributed by atoms with E-state index in [1.807, 2.05) is 17.0 Å². The number of carbonyl (C=O) groups is 3. The number of nitrogens with zero attached hydrogens (tertiary/aromatic N) is 1. The smallest absolute Gasteiger partial charge is 0.315 e. The van der Waals surface area contributed by atoms with Crippen LogP contribution in [0, 0.1) is 0 Å². The van der Waals surface area contributed by atoms with E-state index in [1.165, 1.54) is 0 Å². The minimum absolute atomic E-state index is 0.00533.